The number of benzene rings is 1. The van der Waals surface area contributed by atoms with Crippen molar-refractivity contribution < 1.29 is 33.6 Å². The van der Waals surface area contributed by atoms with Crippen LogP contribution < -0.4 is 34.0 Å². The highest BCUT2D eigenvalue weighted by atomic mass is 35.7. The second-order valence-corrected chi connectivity index (χ2v) is 6.08. The Morgan fingerprint density at radius 3 is 2.17 bits per heavy atom. The number of anilines is 2. The molecule has 3 rings (SSSR count). The lowest BCUT2D eigenvalue weighted by Gasteiger charge is -2.22. The van der Waals surface area contributed by atoms with Crippen LogP contribution >= 0.6 is 0 Å². The van der Waals surface area contributed by atoms with Crippen LogP contribution in [0.15, 0.2) is 42.6 Å². The van der Waals surface area contributed by atoms with E-state index in [2.05, 4.69) is 22.1 Å². The number of piperidine rings is 1. The monoisotopic (exact) mass is 354 g/mol. The topological polar surface area (TPSA) is 138 Å². The average Bonchev–Trinajstić information content (AvgIpc) is 2.55. The van der Waals surface area contributed by atoms with Crippen LogP contribution in [-0.2, 0) is 0 Å². The Morgan fingerprint density at radius 2 is 1.58 bits per heavy atom. The van der Waals surface area contributed by atoms with Gasteiger partial charge in [0.1, 0.15) is 0 Å². The lowest BCUT2D eigenvalue weighted by atomic mass is 10.1. The van der Waals surface area contributed by atoms with Crippen LogP contribution in [0.1, 0.15) is 19.3 Å². The second kappa shape index (κ2) is 8.22. The third-order valence-corrected chi connectivity index (χ3v) is 3.52. The molecule has 0 atom stereocenters. The summed E-state index contributed by atoms with van der Waals surface area (Å²) < 4.78 is 35.9. The number of aromatic nitrogens is 2. The number of nitrogens with two attached hydrogens (primary N) is 1. The average molecular weight is 355 g/mol. The van der Waals surface area contributed by atoms with E-state index >= 15 is 0 Å². The minimum Gasteiger partial charge on any atom is -0.397 e. The molecule has 9 heteroatoms. The maximum absolute atomic E-state index is 8.49. The van der Waals surface area contributed by atoms with E-state index in [0.717, 1.165) is 24.6 Å². The van der Waals surface area contributed by atoms with E-state index in [1.165, 1.54) is 19.3 Å². The lowest BCUT2D eigenvalue weighted by molar-refractivity contribution is -2.00. The van der Waals surface area contributed by atoms with Gasteiger partial charge in [-0.15, -0.1) is 10.2 Å². The highest BCUT2D eigenvalue weighted by Crippen LogP contribution is 2.18. The van der Waals surface area contributed by atoms with Crippen molar-refractivity contribution in [3.63, 3.8) is 0 Å². The molecule has 1 aromatic carbocycles. The molecule has 1 fully saturated rings. The van der Waals surface area contributed by atoms with E-state index in [1.807, 2.05) is 28.9 Å². The summed E-state index contributed by atoms with van der Waals surface area (Å²) >= 11 is 0. The molecular weight excluding hydrogens is 336 g/mol. The number of halogens is 1. The summed E-state index contributed by atoms with van der Waals surface area (Å²) in [5.41, 5.74) is 7.70. The van der Waals surface area contributed by atoms with Gasteiger partial charge in [0.15, 0.2) is 5.69 Å². The molecule has 24 heavy (non-hydrogen) atoms. The third-order valence-electron chi connectivity index (χ3n) is 3.52. The molecule has 1 aliphatic rings. The van der Waals surface area contributed by atoms with Crippen LogP contribution in [0.3, 0.4) is 0 Å². The smallest absolute Gasteiger partial charge is 0.304 e. The number of nitrogen functional groups attached to an aromatic ring is 1. The van der Waals surface area contributed by atoms with Crippen molar-refractivity contribution in [3.8, 4) is 5.69 Å². The number of para-hydroxylation sites is 1. The zero-order chi connectivity index (χ0) is 17.6. The van der Waals surface area contributed by atoms with Crippen molar-refractivity contribution in [2.24, 2.45) is 0 Å². The molecule has 0 radical (unpaired) electrons. The molecule has 2 N–H and O–H groups in total. The van der Waals surface area contributed by atoms with E-state index in [0.29, 0.717) is 5.69 Å². The van der Waals surface area contributed by atoms with Gasteiger partial charge in [0.05, 0.1) is 31.0 Å². The SMILES string of the molecule is Nc1cn[n+](-c2ccccc2)c(N2CCCCC2)c1.[O-][Cl+3]([O-])([O-])[O-]. The van der Waals surface area contributed by atoms with Crippen LogP contribution in [0, 0.1) is 10.2 Å². The fourth-order valence-corrected chi connectivity index (χ4v) is 2.55. The summed E-state index contributed by atoms with van der Waals surface area (Å²) in [6.07, 6.45) is 5.51. The first-order valence-electron chi connectivity index (χ1n) is 7.44. The van der Waals surface area contributed by atoms with E-state index < -0.39 is 10.2 Å². The van der Waals surface area contributed by atoms with Crippen LogP contribution in [0.4, 0.5) is 11.5 Å². The summed E-state index contributed by atoms with van der Waals surface area (Å²) in [6, 6.07) is 12.2. The van der Waals surface area contributed by atoms with Gasteiger partial charge in [0.25, 0.3) is 0 Å². The predicted octanol–water partition coefficient (Wildman–Crippen LogP) is -2.83. The molecule has 0 amide bonds. The molecule has 0 aliphatic carbocycles. The Morgan fingerprint density at radius 1 is 1.00 bits per heavy atom. The second-order valence-electron chi connectivity index (χ2n) is 5.32. The lowest BCUT2D eigenvalue weighted by Crippen LogP contribution is -2.68. The molecule has 1 saturated heterocycles. The summed E-state index contributed by atoms with van der Waals surface area (Å²) in [4.78, 5) is 2.37. The molecule has 2 aromatic rings. The van der Waals surface area contributed by atoms with Gasteiger partial charge in [0.2, 0.25) is 0 Å². The number of nitrogens with zero attached hydrogens (tertiary/aromatic N) is 3. The van der Waals surface area contributed by atoms with Gasteiger partial charge in [0, 0.05) is 0 Å². The van der Waals surface area contributed by atoms with Gasteiger partial charge >= 0.3 is 5.82 Å². The van der Waals surface area contributed by atoms with Crippen molar-refractivity contribution in [2.45, 2.75) is 19.3 Å². The summed E-state index contributed by atoms with van der Waals surface area (Å²) in [6.45, 7) is 2.16. The molecule has 1 aromatic heterocycles. The number of hydrogen-bond donors (Lipinski definition) is 1. The maximum Gasteiger partial charge on any atom is 0.304 e. The first-order valence-corrected chi connectivity index (χ1v) is 8.68. The summed E-state index contributed by atoms with van der Waals surface area (Å²) in [5.74, 6) is 1.09. The minimum atomic E-state index is -4.94. The summed E-state index contributed by atoms with van der Waals surface area (Å²) in [7, 11) is -4.94. The van der Waals surface area contributed by atoms with Gasteiger partial charge in [-0.25, -0.2) is 18.6 Å². The zero-order valence-electron chi connectivity index (χ0n) is 13.0. The van der Waals surface area contributed by atoms with E-state index in [-0.39, 0.29) is 0 Å². The van der Waals surface area contributed by atoms with E-state index in [1.54, 1.807) is 6.20 Å². The largest absolute Gasteiger partial charge is 0.397 e. The molecule has 8 nitrogen and oxygen atoms in total. The van der Waals surface area contributed by atoms with Gasteiger partial charge in [-0.05, 0) is 31.4 Å². The molecule has 1 aliphatic heterocycles. The quantitative estimate of drug-likeness (QED) is 0.574. The van der Waals surface area contributed by atoms with Gasteiger partial charge in [-0.1, -0.05) is 28.0 Å². The number of rotatable bonds is 2. The third kappa shape index (κ3) is 5.91. The van der Waals surface area contributed by atoms with Crippen LogP contribution in [-0.4, -0.2) is 18.2 Å². The van der Waals surface area contributed by atoms with Crippen LogP contribution in [0.2, 0.25) is 0 Å². The fraction of sp³-hybridized carbons (Fsp3) is 0.333. The van der Waals surface area contributed by atoms with Crippen molar-refractivity contribution in [2.75, 3.05) is 23.7 Å². The van der Waals surface area contributed by atoms with Gasteiger partial charge < -0.3 is 5.73 Å². The van der Waals surface area contributed by atoms with E-state index in [9.17, 15) is 0 Å². The Balaban J connectivity index is 0.000000368. The van der Waals surface area contributed by atoms with Crippen molar-refractivity contribution in [1.29, 1.82) is 0 Å². The summed E-state index contributed by atoms with van der Waals surface area (Å²) in [5, 5.41) is 4.47. The first-order chi connectivity index (χ1) is 11.3. The Hall–Kier alpha value is -1.97. The molecule has 0 saturated carbocycles. The number of hydrogen-bond acceptors (Lipinski definition) is 7. The predicted molar refractivity (Wildman–Crippen MR) is 76.2 cm³/mol. The Kier molecular flexibility index (Phi) is 6.29. The molecular formula is C15H19ClN4O4. The van der Waals surface area contributed by atoms with Crippen molar-refractivity contribution in [3.05, 3.63) is 42.6 Å². The Bertz CT molecular complexity index is 640. The highest BCUT2D eigenvalue weighted by molar-refractivity contribution is 5.46. The van der Waals surface area contributed by atoms with Gasteiger partial charge in [-0.2, -0.15) is 0 Å². The normalized spacial score (nSPS) is 14.8. The standard InChI is InChI=1S/C15H18N4.ClHO4/c16-13-11-15(18-9-5-2-6-10-18)19(17-12-13)14-7-3-1-4-8-14;2-1(3,4)5/h1,3-4,7-8,11-12,16H,2,5-6,9-10H2;(H,2,3,4,5). The van der Waals surface area contributed by atoms with Gasteiger partial charge in [-0.3, -0.25) is 4.90 Å². The van der Waals surface area contributed by atoms with Crippen LogP contribution in [0.5, 0.6) is 0 Å². The fourth-order valence-electron chi connectivity index (χ4n) is 2.55. The maximum atomic E-state index is 8.49. The highest BCUT2D eigenvalue weighted by Gasteiger charge is 2.24. The van der Waals surface area contributed by atoms with E-state index in [4.69, 9.17) is 24.4 Å². The minimum absolute atomic E-state index is 0.716. The molecule has 130 valence electrons. The van der Waals surface area contributed by atoms with Crippen LogP contribution in [0.25, 0.3) is 5.69 Å². The molecule has 0 unspecified atom stereocenters. The molecule has 0 bridgehead atoms. The van der Waals surface area contributed by atoms with Crippen molar-refractivity contribution in [1.82, 2.24) is 5.10 Å². The molecule has 0 spiro atoms. The van der Waals surface area contributed by atoms with Crippen molar-refractivity contribution >= 4 is 11.5 Å². The Labute approximate surface area is 142 Å². The first kappa shape index (κ1) is 18.4. The molecule has 2 heterocycles. The zero-order valence-corrected chi connectivity index (χ0v) is 13.8.